The lowest BCUT2D eigenvalue weighted by molar-refractivity contribution is 0.415. The van der Waals surface area contributed by atoms with Gasteiger partial charge in [0.25, 0.3) is 0 Å². The summed E-state index contributed by atoms with van der Waals surface area (Å²) >= 11 is 1.81. The standard InChI is InChI=1S/C23H25N3OS/c1-27-19-9-10-21-22(14-19)26(23(25-21)20(24)11-12-28-2)15-16-7-8-17-5-3-4-6-18(17)13-16/h3-10,13-14,20H,11-12,15,24H2,1-2H3. The number of benzene rings is 3. The predicted octanol–water partition coefficient (Wildman–Crippen LogP) is 5.00. The SMILES string of the molecule is COc1ccc2nc(C(N)CCSC)n(Cc3ccc4ccccc4c3)c2c1. The average molecular weight is 392 g/mol. The van der Waals surface area contributed by atoms with Crippen molar-refractivity contribution in [3.05, 3.63) is 72.1 Å². The quantitative estimate of drug-likeness (QED) is 0.482. The van der Waals surface area contributed by atoms with E-state index in [-0.39, 0.29) is 6.04 Å². The van der Waals surface area contributed by atoms with Gasteiger partial charge in [-0.05, 0) is 53.0 Å². The van der Waals surface area contributed by atoms with Crippen molar-refractivity contribution >= 4 is 33.6 Å². The van der Waals surface area contributed by atoms with E-state index < -0.39 is 0 Å². The fraction of sp³-hybridized carbons (Fsp3) is 0.261. The molecule has 0 radical (unpaired) electrons. The molecule has 0 saturated heterocycles. The van der Waals surface area contributed by atoms with Gasteiger partial charge in [0.2, 0.25) is 0 Å². The van der Waals surface area contributed by atoms with Gasteiger partial charge in [0, 0.05) is 12.6 Å². The number of imidazole rings is 1. The van der Waals surface area contributed by atoms with Gasteiger partial charge in [0.05, 0.1) is 24.2 Å². The minimum absolute atomic E-state index is 0.0914. The first-order valence-corrected chi connectivity index (χ1v) is 10.9. The Balaban J connectivity index is 1.79. The van der Waals surface area contributed by atoms with Crippen molar-refractivity contribution in [3.8, 4) is 5.75 Å². The first-order valence-electron chi connectivity index (χ1n) is 9.46. The van der Waals surface area contributed by atoms with E-state index in [9.17, 15) is 0 Å². The minimum Gasteiger partial charge on any atom is -0.497 e. The third-order valence-electron chi connectivity index (χ3n) is 5.10. The molecular weight excluding hydrogens is 366 g/mol. The van der Waals surface area contributed by atoms with E-state index in [0.29, 0.717) is 0 Å². The van der Waals surface area contributed by atoms with E-state index in [0.717, 1.165) is 41.3 Å². The maximum absolute atomic E-state index is 6.53. The van der Waals surface area contributed by atoms with Crippen molar-refractivity contribution in [1.29, 1.82) is 0 Å². The van der Waals surface area contributed by atoms with Crippen LogP contribution < -0.4 is 10.5 Å². The Morgan fingerprint density at radius 2 is 1.89 bits per heavy atom. The molecule has 5 heteroatoms. The van der Waals surface area contributed by atoms with Crippen LogP contribution >= 0.6 is 11.8 Å². The number of thioether (sulfide) groups is 1. The number of hydrogen-bond acceptors (Lipinski definition) is 4. The van der Waals surface area contributed by atoms with Gasteiger partial charge in [0.15, 0.2) is 0 Å². The van der Waals surface area contributed by atoms with Crippen molar-refractivity contribution in [3.63, 3.8) is 0 Å². The lowest BCUT2D eigenvalue weighted by atomic mass is 10.1. The van der Waals surface area contributed by atoms with Gasteiger partial charge in [-0.3, -0.25) is 0 Å². The summed E-state index contributed by atoms with van der Waals surface area (Å²) in [5.74, 6) is 2.78. The molecule has 4 aromatic rings. The zero-order chi connectivity index (χ0) is 19.5. The second kappa shape index (κ2) is 8.25. The molecule has 0 amide bonds. The summed E-state index contributed by atoms with van der Waals surface area (Å²) in [6.07, 6.45) is 3.01. The molecule has 1 atom stereocenters. The topological polar surface area (TPSA) is 53.1 Å². The number of fused-ring (bicyclic) bond motifs is 2. The summed E-state index contributed by atoms with van der Waals surface area (Å²) in [6, 6.07) is 21.0. The molecule has 0 fully saturated rings. The summed E-state index contributed by atoms with van der Waals surface area (Å²) < 4.78 is 7.69. The van der Waals surface area contributed by atoms with Crippen LogP contribution in [0.15, 0.2) is 60.7 Å². The van der Waals surface area contributed by atoms with E-state index in [1.54, 1.807) is 7.11 Å². The van der Waals surface area contributed by atoms with Crippen molar-refractivity contribution in [1.82, 2.24) is 9.55 Å². The first-order chi connectivity index (χ1) is 13.7. The molecule has 0 saturated carbocycles. The van der Waals surface area contributed by atoms with E-state index in [2.05, 4.69) is 53.3 Å². The van der Waals surface area contributed by atoms with Gasteiger partial charge >= 0.3 is 0 Å². The zero-order valence-corrected chi connectivity index (χ0v) is 17.1. The molecular formula is C23H25N3OS. The van der Waals surface area contributed by atoms with Crippen LogP contribution in [-0.4, -0.2) is 28.7 Å². The van der Waals surface area contributed by atoms with Crippen LogP contribution in [0.2, 0.25) is 0 Å². The van der Waals surface area contributed by atoms with Crippen LogP contribution in [0.4, 0.5) is 0 Å². The molecule has 0 spiro atoms. The highest BCUT2D eigenvalue weighted by Gasteiger charge is 2.18. The molecule has 0 aliphatic heterocycles. The number of hydrogen-bond donors (Lipinski definition) is 1. The van der Waals surface area contributed by atoms with Gasteiger partial charge in [-0.1, -0.05) is 36.4 Å². The number of nitrogens with two attached hydrogens (primary N) is 1. The van der Waals surface area contributed by atoms with Crippen LogP contribution in [0.25, 0.3) is 21.8 Å². The summed E-state index contributed by atoms with van der Waals surface area (Å²) in [5, 5.41) is 2.50. The van der Waals surface area contributed by atoms with Crippen molar-refractivity contribution in [2.24, 2.45) is 5.73 Å². The Labute approximate surface area is 169 Å². The number of nitrogens with zero attached hydrogens (tertiary/aromatic N) is 2. The molecule has 3 aromatic carbocycles. The maximum Gasteiger partial charge on any atom is 0.127 e. The van der Waals surface area contributed by atoms with Crippen LogP contribution in [-0.2, 0) is 6.54 Å². The first kappa shape index (κ1) is 18.8. The fourth-order valence-electron chi connectivity index (χ4n) is 3.59. The lowest BCUT2D eigenvalue weighted by Crippen LogP contribution is -2.18. The van der Waals surface area contributed by atoms with E-state index in [4.69, 9.17) is 15.5 Å². The summed E-state index contributed by atoms with van der Waals surface area (Å²) in [4.78, 5) is 4.87. The molecule has 1 heterocycles. The molecule has 0 aliphatic rings. The summed E-state index contributed by atoms with van der Waals surface area (Å²) in [5.41, 5.74) is 9.78. The molecule has 4 rings (SSSR count). The van der Waals surface area contributed by atoms with Crippen LogP contribution in [0.5, 0.6) is 5.75 Å². The van der Waals surface area contributed by atoms with E-state index in [1.165, 1.54) is 16.3 Å². The van der Waals surface area contributed by atoms with Gasteiger partial charge in [-0.15, -0.1) is 0 Å². The molecule has 1 aromatic heterocycles. The van der Waals surface area contributed by atoms with E-state index in [1.807, 2.05) is 30.0 Å². The molecule has 144 valence electrons. The highest BCUT2D eigenvalue weighted by Crippen LogP contribution is 2.27. The number of aromatic nitrogens is 2. The Hall–Kier alpha value is -2.50. The predicted molar refractivity (Wildman–Crippen MR) is 119 cm³/mol. The zero-order valence-electron chi connectivity index (χ0n) is 16.3. The summed E-state index contributed by atoms with van der Waals surface area (Å²) in [7, 11) is 1.69. The third kappa shape index (κ3) is 3.73. The second-order valence-corrected chi connectivity index (χ2v) is 7.97. The molecule has 0 aliphatic carbocycles. The smallest absolute Gasteiger partial charge is 0.127 e. The lowest BCUT2D eigenvalue weighted by Gasteiger charge is -2.15. The van der Waals surface area contributed by atoms with E-state index >= 15 is 0 Å². The number of methoxy groups -OCH3 is 1. The minimum atomic E-state index is -0.0914. The third-order valence-corrected chi connectivity index (χ3v) is 5.75. The summed E-state index contributed by atoms with van der Waals surface area (Å²) in [6.45, 7) is 0.733. The Kier molecular flexibility index (Phi) is 5.55. The second-order valence-electron chi connectivity index (χ2n) is 6.98. The van der Waals surface area contributed by atoms with Crippen LogP contribution in [0, 0.1) is 0 Å². The highest BCUT2D eigenvalue weighted by molar-refractivity contribution is 7.98. The molecule has 28 heavy (non-hydrogen) atoms. The van der Waals surface area contributed by atoms with Crippen molar-refractivity contribution < 1.29 is 4.74 Å². The highest BCUT2D eigenvalue weighted by atomic mass is 32.2. The van der Waals surface area contributed by atoms with Crippen LogP contribution in [0.3, 0.4) is 0 Å². The van der Waals surface area contributed by atoms with Crippen molar-refractivity contribution in [2.45, 2.75) is 19.0 Å². The Morgan fingerprint density at radius 1 is 1.07 bits per heavy atom. The molecule has 0 bridgehead atoms. The average Bonchev–Trinajstić information content (AvgIpc) is 3.09. The van der Waals surface area contributed by atoms with Crippen molar-refractivity contribution in [2.75, 3.05) is 19.1 Å². The van der Waals surface area contributed by atoms with Gasteiger partial charge in [-0.2, -0.15) is 11.8 Å². The maximum atomic E-state index is 6.53. The monoisotopic (exact) mass is 391 g/mol. The molecule has 2 N–H and O–H groups in total. The Morgan fingerprint density at radius 3 is 2.68 bits per heavy atom. The number of rotatable bonds is 7. The fourth-order valence-corrected chi connectivity index (χ4v) is 4.08. The normalized spacial score (nSPS) is 12.5. The Bertz CT molecular complexity index is 1110. The van der Waals surface area contributed by atoms with Gasteiger partial charge < -0.3 is 15.0 Å². The number of ether oxygens (including phenoxy) is 1. The van der Waals surface area contributed by atoms with Crippen LogP contribution in [0.1, 0.15) is 23.9 Å². The molecule has 4 nitrogen and oxygen atoms in total. The van der Waals surface area contributed by atoms with Gasteiger partial charge in [0.1, 0.15) is 11.6 Å². The molecule has 1 unspecified atom stereocenters. The van der Waals surface area contributed by atoms with Gasteiger partial charge in [-0.25, -0.2) is 4.98 Å². The largest absolute Gasteiger partial charge is 0.497 e.